The third-order valence-electron chi connectivity index (χ3n) is 3.64. The SMILES string of the molecule is CCN(CC(=O)NCCOC)C1CCC(N)CC1. The van der Waals surface area contributed by atoms with Crippen LogP contribution >= 0.6 is 0 Å². The molecule has 0 saturated heterocycles. The predicted octanol–water partition coefficient (Wildman–Crippen LogP) is 0.341. The first-order valence-electron chi connectivity index (χ1n) is 6.92. The van der Waals surface area contributed by atoms with E-state index in [4.69, 9.17) is 10.5 Å². The second kappa shape index (κ2) is 8.45. The number of hydrogen-bond donors (Lipinski definition) is 2. The third kappa shape index (κ3) is 5.33. The summed E-state index contributed by atoms with van der Waals surface area (Å²) in [4.78, 5) is 14.0. The average molecular weight is 257 g/mol. The van der Waals surface area contributed by atoms with Crippen molar-refractivity contribution < 1.29 is 9.53 Å². The Morgan fingerprint density at radius 2 is 2.06 bits per heavy atom. The molecule has 3 N–H and O–H groups in total. The Bertz CT molecular complexity index is 240. The fourth-order valence-electron chi connectivity index (χ4n) is 2.50. The molecule has 0 bridgehead atoms. The third-order valence-corrected chi connectivity index (χ3v) is 3.64. The zero-order chi connectivity index (χ0) is 13.4. The average Bonchev–Trinajstić information content (AvgIpc) is 2.37. The van der Waals surface area contributed by atoms with Crippen molar-refractivity contribution in [1.29, 1.82) is 0 Å². The van der Waals surface area contributed by atoms with Crippen LogP contribution in [-0.4, -0.2) is 56.2 Å². The van der Waals surface area contributed by atoms with E-state index in [0.29, 0.717) is 31.8 Å². The molecule has 1 aliphatic carbocycles. The molecule has 1 saturated carbocycles. The first-order chi connectivity index (χ1) is 8.67. The van der Waals surface area contributed by atoms with Crippen molar-refractivity contribution >= 4 is 5.91 Å². The standard InChI is InChI=1S/C13H27N3O2/c1-3-16(10-13(17)15-8-9-18-2)12-6-4-11(14)5-7-12/h11-12H,3-10,14H2,1-2H3,(H,15,17). The van der Waals surface area contributed by atoms with E-state index in [2.05, 4.69) is 17.1 Å². The van der Waals surface area contributed by atoms with Crippen LogP contribution < -0.4 is 11.1 Å². The molecule has 0 aromatic rings. The molecule has 0 unspecified atom stereocenters. The Morgan fingerprint density at radius 3 is 2.61 bits per heavy atom. The van der Waals surface area contributed by atoms with Gasteiger partial charge in [-0.05, 0) is 32.2 Å². The van der Waals surface area contributed by atoms with Gasteiger partial charge in [-0.2, -0.15) is 0 Å². The first kappa shape index (κ1) is 15.4. The second-order valence-corrected chi connectivity index (χ2v) is 4.97. The number of rotatable bonds is 7. The number of ether oxygens (including phenoxy) is 1. The van der Waals surface area contributed by atoms with Gasteiger partial charge >= 0.3 is 0 Å². The summed E-state index contributed by atoms with van der Waals surface area (Å²) in [6.07, 6.45) is 4.37. The summed E-state index contributed by atoms with van der Waals surface area (Å²) >= 11 is 0. The highest BCUT2D eigenvalue weighted by Crippen LogP contribution is 2.21. The predicted molar refractivity (Wildman–Crippen MR) is 72.4 cm³/mol. The molecule has 1 rings (SSSR count). The molecule has 1 fully saturated rings. The van der Waals surface area contributed by atoms with Crippen molar-refractivity contribution in [2.24, 2.45) is 5.73 Å². The van der Waals surface area contributed by atoms with Gasteiger partial charge in [-0.25, -0.2) is 0 Å². The van der Waals surface area contributed by atoms with Crippen LogP contribution in [0.4, 0.5) is 0 Å². The van der Waals surface area contributed by atoms with Gasteiger partial charge in [0.2, 0.25) is 5.91 Å². The highest BCUT2D eigenvalue weighted by molar-refractivity contribution is 5.78. The van der Waals surface area contributed by atoms with Gasteiger partial charge in [-0.3, -0.25) is 9.69 Å². The molecule has 0 aromatic heterocycles. The Hall–Kier alpha value is -0.650. The lowest BCUT2D eigenvalue weighted by Gasteiger charge is -2.34. The number of nitrogens with two attached hydrogens (primary N) is 1. The number of carbonyl (C=O) groups is 1. The molecule has 0 radical (unpaired) electrons. The van der Waals surface area contributed by atoms with Gasteiger partial charge in [-0.1, -0.05) is 6.92 Å². The second-order valence-electron chi connectivity index (χ2n) is 4.97. The number of likely N-dealkylation sites (N-methyl/N-ethyl adjacent to an activating group) is 1. The molecular weight excluding hydrogens is 230 g/mol. The lowest BCUT2D eigenvalue weighted by molar-refractivity contribution is -0.123. The Labute approximate surface area is 110 Å². The molecular formula is C13H27N3O2. The number of methoxy groups -OCH3 is 1. The van der Waals surface area contributed by atoms with Crippen molar-refractivity contribution in [3.8, 4) is 0 Å². The minimum Gasteiger partial charge on any atom is -0.383 e. The summed E-state index contributed by atoms with van der Waals surface area (Å²) in [7, 11) is 1.63. The molecule has 0 aromatic carbocycles. The van der Waals surface area contributed by atoms with Crippen molar-refractivity contribution in [2.45, 2.75) is 44.7 Å². The number of nitrogens with one attached hydrogen (secondary N) is 1. The van der Waals surface area contributed by atoms with Crippen molar-refractivity contribution in [1.82, 2.24) is 10.2 Å². The maximum atomic E-state index is 11.8. The minimum absolute atomic E-state index is 0.0868. The van der Waals surface area contributed by atoms with E-state index in [1.807, 2.05) is 0 Å². The van der Waals surface area contributed by atoms with Crippen LogP contribution in [0.1, 0.15) is 32.6 Å². The normalized spacial score (nSPS) is 24.2. The molecule has 0 heterocycles. The summed E-state index contributed by atoms with van der Waals surface area (Å²) in [5.41, 5.74) is 5.91. The number of amides is 1. The minimum atomic E-state index is 0.0868. The van der Waals surface area contributed by atoms with E-state index in [0.717, 1.165) is 32.2 Å². The lowest BCUT2D eigenvalue weighted by atomic mass is 9.91. The van der Waals surface area contributed by atoms with Gasteiger partial charge in [0, 0.05) is 25.7 Å². The van der Waals surface area contributed by atoms with Crippen LogP contribution in [0, 0.1) is 0 Å². The fourth-order valence-corrected chi connectivity index (χ4v) is 2.50. The molecule has 1 amide bonds. The van der Waals surface area contributed by atoms with Gasteiger partial charge in [-0.15, -0.1) is 0 Å². The van der Waals surface area contributed by atoms with Gasteiger partial charge < -0.3 is 15.8 Å². The Balaban J connectivity index is 2.30. The molecule has 106 valence electrons. The lowest BCUT2D eigenvalue weighted by Crippen LogP contribution is -2.46. The van der Waals surface area contributed by atoms with Crippen LogP contribution in [0.25, 0.3) is 0 Å². The van der Waals surface area contributed by atoms with E-state index in [1.165, 1.54) is 0 Å². The molecule has 0 atom stereocenters. The molecule has 0 aliphatic heterocycles. The van der Waals surface area contributed by atoms with Crippen molar-refractivity contribution in [2.75, 3.05) is 33.4 Å². The maximum absolute atomic E-state index is 11.8. The largest absolute Gasteiger partial charge is 0.383 e. The quantitative estimate of drug-likeness (QED) is 0.645. The van der Waals surface area contributed by atoms with E-state index in [-0.39, 0.29) is 5.91 Å². The van der Waals surface area contributed by atoms with Gasteiger partial charge in [0.05, 0.1) is 13.2 Å². The summed E-state index contributed by atoms with van der Waals surface area (Å²) in [6, 6.07) is 0.874. The first-order valence-corrected chi connectivity index (χ1v) is 6.92. The Kier molecular flexibility index (Phi) is 7.23. The van der Waals surface area contributed by atoms with E-state index in [1.54, 1.807) is 7.11 Å². The molecule has 5 heteroatoms. The number of carbonyl (C=O) groups excluding carboxylic acids is 1. The smallest absolute Gasteiger partial charge is 0.234 e. The zero-order valence-corrected chi connectivity index (χ0v) is 11.7. The zero-order valence-electron chi connectivity index (χ0n) is 11.7. The van der Waals surface area contributed by atoms with E-state index in [9.17, 15) is 4.79 Å². The summed E-state index contributed by atoms with van der Waals surface area (Å²) < 4.78 is 4.91. The summed E-state index contributed by atoms with van der Waals surface area (Å²) in [5, 5.41) is 2.87. The molecule has 18 heavy (non-hydrogen) atoms. The Morgan fingerprint density at radius 1 is 1.39 bits per heavy atom. The van der Waals surface area contributed by atoms with Crippen LogP contribution in [0.5, 0.6) is 0 Å². The maximum Gasteiger partial charge on any atom is 0.234 e. The van der Waals surface area contributed by atoms with Crippen molar-refractivity contribution in [3.63, 3.8) is 0 Å². The highest BCUT2D eigenvalue weighted by atomic mass is 16.5. The van der Waals surface area contributed by atoms with Crippen molar-refractivity contribution in [3.05, 3.63) is 0 Å². The molecule has 1 aliphatic rings. The number of nitrogens with zero attached hydrogens (tertiary/aromatic N) is 1. The van der Waals surface area contributed by atoms with Gasteiger partial charge in [0.25, 0.3) is 0 Å². The van der Waals surface area contributed by atoms with E-state index >= 15 is 0 Å². The van der Waals surface area contributed by atoms with Gasteiger partial charge in [0.1, 0.15) is 0 Å². The molecule has 0 spiro atoms. The van der Waals surface area contributed by atoms with Crippen LogP contribution in [0.15, 0.2) is 0 Å². The highest BCUT2D eigenvalue weighted by Gasteiger charge is 2.24. The summed E-state index contributed by atoms with van der Waals surface area (Å²) in [6.45, 7) is 4.66. The van der Waals surface area contributed by atoms with E-state index < -0.39 is 0 Å². The van der Waals surface area contributed by atoms with Crippen LogP contribution in [0.3, 0.4) is 0 Å². The van der Waals surface area contributed by atoms with Crippen LogP contribution in [0.2, 0.25) is 0 Å². The molecule has 5 nitrogen and oxygen atoms in total. The number of hydrogen-bond acceptors (Lipinski definition) is 4. The van der Waals surface area contributed by atoms with Gasteiger partial charge in [0.15, 0.2) is 0 Å². The fraction of sp³-hybridized carbons (Fsp3) is 0.923. The monoisotopic (exact) mass is 257 g/mol. The topological polar surface area (TPSA) is 67.6 Å². The summed E-state index contributed by atoms with van der Waals surface area (Å²) in [5.74, 6) is 0.0868. The van der Waals surface area contributed by atoms with Crippen LogP contribution in [-0.2, 0) is 9.53 Å².